The lowest BCUT2D eigenvalue weighted by atomic mass is 9.91. The number of benzene rings is 2. The number of anilines is 1. The first-order valence-electron chi connectivity index (χ1n) is 13.4. The van der Waals surface area contributed by atoms with E-state index in [0.717, 1.165) is 24.5 Å². The average molecular weight is 526 g/mol. The lowest BCUT2D eigenvalue weighted by Crippen LogP contribution is -2.41. The van der Waals surface area contributed by atoms with E-state index in [1.165, 1.54) is 6.20 Å². The van der Waals surface area contributed by atoms with Crippen LogP contribution in [-0.2, 0) is 17.4 Å². The molecule has 1 amide bonds. The van der Waals surface area contributed by atoms with Gasteiger partial charge < -0.3 is 10.2 Å². The molecule has 1 aromatic heterocycles. The molecule has 0 aliphatic carbocycles. The Bertz CT molecular complexity index is 1280. The van der Waals surface area contributed by atoms with Gasteiger partial charge in [0.15, 0.2) is 5.78 Å². The number of rotatable bonds is 9. The zero-order valence-electron chi connectivity index (χ0n) is 21.9. The lowest BCUT2D eigenvalue weighted by molar-refractivity contribution is -0.137. The number of aromatic nitrogens is 1. The van der Waals surface area contributed by atoms with Crippen LogP contribution in [0.3, 0.4) is 0 Å². The van der Waals surface area contributed by atoms with Gasteiger partial charge in [-0.25, -0.2) is 0 Å². The van der Waals surface area contributed by atoms with Gasteiger partial charge >= 0.3 is 6.18 Å². The van der Waals surface area contributed by atoms with E-state index in [9.17, 15) is 22.8 Å². The maximum atomic E-state index is 14.2. The van der Waals surface area contributed by atoms with Gasteiger partial charge in [-0.15, -0.1) is 0 Å². The van der Waals surface area contributed by atoms with Crippen molar-refractivity contribution in [3.63, 3.8) is 0 Å². The van der Waals surface area contributed by atoms with Crippen molar-refractivity contribution in [3.05, 3.63) is 70.9 Å². The van der Waals surface area contributed by atoms with Crippen LogP contribution in [0.25, 0.3) is 10.9 Å². The molecule has 0 unspecified atom stereocenters. The molecule has 0 saturated carbocycles. The standard InChI is InChI=1S/C30H34F3N3O2/c1-3-5-13-34-29(38)21-11-14-36(15-12-21)27-17-23-22(16-20-9-7-6-8-10-20)24(28(37)4-2)19-35-26(23)18-25(27)30(31,32)33/h6-10,17-19,21H,3-5,11-16H2,1-2H3,(H,34,38). The van der Waals surface area contributed by atoms with E-state index in [0.29, 0.717) is 55.4 Å². The number of unbranched alkanes of at least 4 members (excludes halogenated alkanes) is 1. The summed E-state index contributed by atoms with van der Waals surface area (Å²) in [5, 5.41) is 3.49. The first-order valence-corrected chi connectivity index (χ1v) is 13.4. The summed E-state index contributed by atoms with van der Waals surface area (Å²) in [5.74, 6) is -0.326. The molecular formula is C30H34F3N3O2. The summed E-state index contributed by atoms with van der Waals surface area (Å²) >= 11 is 0. The van der Waals surface area contributed by atoms with Crippen LogP contribution in [0.1, 0.15) is 73.0 Å². The molecule has 1 aliphatic heterocycles. The molecule has 5 nitrogen and oxygen atoms in total. The normalized spacial score (nSPS) is 14.6. The number of pyridine rings is 1. The minimum absolute atomic E-state index is 0.0234. The Balaban J connectivity index is 1.74. The van der Waals surface area contributed by atoms with Gasteiger partial charge in [0.2, 0.25) is 5.91 Å². The van der Waals surface area contributed by atoms with Crippen LogP contribution in [0.4, 0.5) is 18.9 Å². The number of amides is 1. The number of carbonyl (C=O) groups is 2. The second-order valence-corrected chi connectivity index (χ2v) is 9.88. The van der Waals surface area contributed by atoms with Crippen molar-refractivity contribution in [2.24, 2.45) is 5.92 Å². The van der Waals surface area contributed by atoms with Crippen molar-refractivity contribution in [1.82, 2.24) is 10.3 Å². The number of alkyl halides is 3. The summed E-state index contributed by atoms with van der Waals surface area (Å²) in [5.41, 5.74) is 1.63. The molecule has 2 heterocycles. The molecule has 2 aromatic carbocycles. The molecule has 1 fully saturated rings. The third-order valence-corrected chi connectivity index (χ3v) is 7.28. The number of hydrogen-bond donors (Lipinski definition) is 1. The second-order valence-electron chi connectivity index (χ2n) is 9.88. The zero-order chi connectivity index (χ0) is 27.3. The average Bonchev–Trinajstić information content (AvgIpc) is 2.92. The van der Waals surface area contributed by atoms with Crippen LogP contribution >= 0.6 is 0 Å². The Morgan fingerprint density at radius 3 is 2.42 bits per heavy atom. The Kier molecular flexibility index (Phi) is 8.69. The molecule has 1 aliphatic rings. The Morgan fingerprint density at radius 1 is 1.08 bits per heavy atom. The topological polar surface area (TPSA) is 62.3 Å². The highest BCUT2D eigenvalue weighted by atomic mass is 19.4. The summed E-state index contributed by atoms with van der Waals surface area (Å²) < 4.78 is 42.7. The molecule has 8 heteroatoms. The van der Waals surface area contributed by atoms with E-state index in [1.54, 1.807) is 17.9 Å². The summed E-state index contributed by atoms with van der Waals surface area (Å²) in [6.45, 7) is 5.12. The summed E-state index contributed by atoms with van der Waals surface area (Å²) in [7, 11) is 0. The molecule has 0 bridgehead atoms. The summed E-state index contributed by atoms with van der Waals surface area (Å²) in [4.78, 5) is 31.3. The largest absolute Gasteiger partial charge is 0.418 e. The molecule has 202 valence electrons. The number of halogens is 3. The van der Waals surface area contributed by atoms with Gasteiger partial charge in [0, 0.05) is 54.8 Å². The fourth-order valence-electron chi connectivity index (χ4n) is 5.11. The highest BCUT2D eigenvalue weighted by Gasteiger charge is 2.37. The third kappa shape index (κ3) is 6.17. The predicted octanol–water partition coefficient (Wildman–Crippen LogP) is 6.57. The lowest BCUT2D eigenvalue weighted by Gasteiger charge is -2.35. The van der Waals surface area contributed by atoms with E-state index in [-0.39, 0.29) is 35.2 Å². The van der Waals surface area contributed by atoms with Crippen LogP contribution in [0.5, 0.6) is 0 Å². The number of nitrogens with zero attached hydrogens (tertiary/aromatic N) is 2. The second kappa shape index (κ2) is 12.0. The maximum Gasteiger partial charge on any atom is 0.418 e. The predicted molar refractivity (Wildman–Crippen MR) is 143 cm³/mol. The SMILES string of the molecule is CCCCNC(=O)C1CCN(c2cc3c(Cc4ccccc4)c(C(=O)CC)cnc3cc2C(F)(F)F)CC1. The van der Waals surface area contributed by atoms with E-state index in [2.05, 4.69) is 10.3 Å². The van der Waals surface area contributed by atoms with Crippen molar-refractivity contribution in [2.45, 2.75) is 58.5 Å². The number of piperidine rings is 1. The van der Waals surface area contributed by atoms with Crippen LogP contribution in [0, 0.1) is 5.92 Å². The van der Waals surface area contributed by atoms with Gasteiger partial charge in [0.25, 0.3) is 0 Å². The van der Waals surface area contributed by atoms with Crippen molar-refractivity contribution >= 4 is 28.3 Å². The van der Waals surface area contributed by atoms with Crippen molar-refractivity contribution in [2.75, 3.05) is 24.5 Å². The maximum absolute atomic E-state index is 14.2. The summed E-state index contributed by atoms with van der Waals surface area (Å²) in [6.07, 6.45) is 0.369. The van der Waals surface area contributed by atoms with Crippen LogP contribution in [0.2, 0.25) is 0 Å². The number of nitrogens with one attached hydrogen (secondary N) is 1. The van der Waals surface area contributed by atoms with Crippen LogP contribution in [0.15, 0.2) is 48.7 Å². The van der Waals surface area contributed by atoms with E-state index in [4.69, 9.17) is 0 Å². The van der Waals surface area contributed by atoms with Gasteiger partial charge in [-0.1, -0.05) is 50.6 Å². The number of carbonyl (C=O) groups excluding carboxylic acids is 2. The highest BCUT2D eigenvalue weighted by molar-refractivity contribution is 6.02. The monoisotopic (exact) mass is 525 g/mol. The zero-order valence-corrected chi connectivity index (χ0v) is 21.9. The van der Waals surface area contributed by atoms with E-state index >= 15 is 0 Å². The first kappa shape index (κ1) is 27.6. The van der Waals surface area contributed by atoms with E-state index in [1.807, 2.05) is 37.3 Å². The smallest absolute Gasteiger partial charge is 0.371 e. The minimum Gasteiger partial charge on any atom is -0.371 e. The van der Waals surface area contributed by atoms with Crippen molar-refractivity contribution < 1.29 is 22.8 Å². The number of ketones is 1. The number of hydrogen-bond acceptors (Lipinski definition) is 4. The Labute approximate surface area is 221 Å². The molecule has 38 heavy (non-hydrogen) atoms. The molecule has 0 radical (unpaired) electrons. The molecule has 4 rings (SSSR count). The van der Waals surface area contributed by atoms with Crippen molar-refractivity contribution in [3.8, 4) is 0 Å². The fraction of sp³-hybridized carbons (Fsp3) is 0.433. The Morgan fingerprint density at radius 2 is 1.79 bits per heavy atom. The molecular weight excluding hydrogens is 491 g/mol. The number of Topliss-reactive ketones (excluding diaryl/α,β-unsaturated/α-hetero) is 1. The molecule has 1 N–H and O–H groups in total. The Hall–Kier alpha value is -3.42. The molecule has 3 aromatic rings. The minimum atomic E-state index is -4.57. The van der Waals surface area contributed by atoms with E-state index < -0.39 is 11.7 Å². The molecule has 0 atom stereocenters. The first-order chi connectivity index (χ1) is 18.2. The van der Waals surface area contributed by atoms with Crippen molar-refractivity contribution in [1.29, 1.82) is 0 Å². The van der Waals surface area contributed by atoms with Crippen LogP contribution < -0.4 is 10.2 Å². The quantitative estimate of drug-likeness (QED) is 0.254. The van der Waals surface area contributed by atoms with Gasteiger partial charge in [0.05, 0.1) is 11.1 Å². The number of fused-ring (bicyclic) bond motifs is 1. The molecule has 1 saturated heterocycles. The van der Waals surface area contributed by atoms with Gasteiger partial charge in [-0.3, -0.25) is 14.6 Å². The van der Waals surface area contributed by atoms with Crippen LogP contribution in [-0.4, -0.2) is 36.3 Å². The summed E-state index contributed by atoms with van der Waals surface area (Å²) in [6, 6.07) is 12.2. The fourth-order valence-corrected chi connectivity index (χ4v) is 5.11. The highest BCUT2D eigenvalue weighted by Crippen LogP contribution is 2.41. The molecule has 0 spiro atoms. The van der Waals surface area contributed by atoms with Gasteiger partial charge in [-0.2, -0.15) is 13.2 Å². The van der Waals surface area contributed by atoms with Gasteiger partial charge in [0.1, 0.15) is 0 Å². The third-order valence-electron chi connectivity index (χ3n) is 7.28. The van der Waals surface area contributed by atoms with Gasteiger partial charge in [-0.05, 0) is 48.9 Å².